The number of hydrogen-bond donors (Lipinski definition) is 1. The van der Waals surface area contributed by atoms with Crippen molar-refractivity contribution < 1.29 is 27.9 Å². The molecule has 3 aromatic rings. The molecule has 0 spiro atoms. The Morgan fingerprint density at radius 1 is 0.955 bits per heavy atom. The van der Waals surface area contributed by atoms with Gasteiger partial charge in [0.05, 0.1) is 12.2 Å². The van der Waals surface area contributed by atoms with E-state index in [9.17, 15) is 18.8 Å². The van der Waals surface area contributed by atoms with Crippen LogP contribution in [0.4, 0.5) is 14.5 Å². The average Bonchev–Trinajstić information content (AvgIpc) is 3.26. The molecule has 6 rings (SSSR count). The molecule has 3 aliphatic rings. The van der Waals surface area contributed by atoms with Crippen molar-refractivity contribution in [2.24, 2.45) is 0 Å². The average molecular weight is 601 g/mol. The second-order valence-electron chi connectivity index (χ2n) is 11.5. The van der Waals surface area contributed by atoms with Gasteiger partial charge in [-0.05, 0) is 47.9 Å². The number of hydrogen-bond acceptors (Lipinski definition) is 6. The molecule has 0 aliphatic carbocycles. The van der Waals surface area contributed by atoms with Gasteiger partial charge in [0.25, 0.3) is 5.91 Å². The van der Waals surface area contributed by atoms with Crippen LogP contribution < -0.4 is 15.0 Å². The lowest BCUT2D eigenvalue weighted by atomic mass is 10.1. The quantitative estimate of drug-likeness (QED) is 0.379. The smallest absolute Gasteiger partial charge is 0.254 e. The Bertz CT molecular complexity index is 1620. The van der Waals surface area contributed by atoms with E-state index in [-0.39, 0.29) is 61.4 Å². The number of halogens is 2. The van der Waals surface area contributed by atoms with Crippen LogP contribution in [0, 0.1) is 11.6 Å². The maximum atomic E-state index is 15.2. The van der Waals surface area contributed by atoms with Gasteiger partial charge >= 0.3 is 0 Å². The summed E-state index contributed by atoms with van der Waals surface area (Å²) in [5.41, 5.74) is 3.78. The fourth-order valence-electron chi connectivity index (χ4n) is 6.17. The molecule has 10 heteroatoms. The predicted octanol–water partition coefficient (Wildman–Crippen LogP) is 4.66. The molecule has 3 heterocycles. The highest BCUT2D eigenvalue weighted by Gasteiger charge is 2.37. The van der Waals surface area contributed by atoms with E-state index in [2.05, 4.69) is 16.8 Å². The standard InChI is InChI=1S/C34H34F2N4O4/c1-2-22-7-10-30(29(36)16-22)39-14-12-38(13-15-39)19-24-8-6-23(17-28(24)35)21-44-31-5-3-4-26-27(31)20-40(34(26)43)25-9-11-32(41)37-33(42)18-25/h2-8,10,16-17,25H,1,9,11-15,18-21H2,(H,37,41,42)/t25-/m1/s1. The number of rotatable bonds is 8. The molecular weight excluding hydrogens is 566 g/mol. The number of piperazine rings is 1. The lowest BCUT2D eigenvalue weighted by Gasteiger charge is -2.36. The molecule has 228 valence electrons. The van der Waals surface area contributed by atoms with Crippen molar-refractivity contribution in [1.29, 1.82) is 0 Å². The van der Waals surface area contributed by atoms with Gasteiger partial charge in [-0.3, -0.25) is 24.6 Å². The summed E-state index contributed by atoms with van der Waals surface area (Å²) in [7, 11) is 0. The highest BCUT2D eigenvalue weighted by molar-refractivity contribution is 6.00. The number of carbonyl (C=O) groups excluding carboxylic acids is 3. The minimum atomic E-state index is -0.379. The van der Waals surface area contributed by atoms with E-state index in [0.29, 0.717) is 67.3 Å². The zero-order chi connectivity index (χ0) is 30.8. The van der Waals surface area contributed by atoms with Gasteiger partial charge in [0.1, 0.15) is 24.0 Å². The Balaban J connectivity index is 1.05. The van der Waals surface area contributed by atoms with Crippen LogP contribution in [-0.4, -0.2) is 59.7 Å². The Kier molecular flexibility index (Phi) is 8.43. The summed E-state index contributed by atoms with van der Waals surface area (Å²) < 4.78 is 35.8. The molecule has 8 nitrogen and oxygen atoms in total. The van der Waals surface area contributed by atoms with Crippen molar-refractivity contribution in [3.05, 3.63) is 101 Å². The Morgan fingerprint density at radius 3 is 2.52 bits per heavy atom. The molecule has 3 aliphatic heterocycles. The Hall–Kier alpha value is -4.57. The van der Waals surface area contributed by atoms with Gasteiger partial charge < -0.3 is 14.5 Å². The SMILES string of the molecule is C=Cc1ccc(N2CCN(Cc3ccc(COc4cccc5c4CN([C@@H]4CCC(=O)NC(=O)C4)C5=O)cc3F)CC2)c(F)c1. The maximum Gasteiger partial charge on any atom is 0.254 e. The third-order valence-corrected chi connectivity index (χ3v) is 8.62. The van der Waals surface area contributed by atoms with Crippen molar-refractivity contribution in [3.63, 3.8) is 0 Å². The summed E-state index contributed by atoms with van der Waals surface area (Å²) in [4.78, 5) is 42.8. The molecule has 3 aromatic carbocycles. The second-order valence-corrected chi connectivity index (χ2v) is 11.5. The van der Waals surface area contributed by atoms with E-state index in [0.717, 1.165) is 11.1 Å². The molecule has 0 saturated carbocycles. The van der Waals surface area contributed by atoms with Crippen molar-refractivity contribution >= 4 is 29.5 Å². The maximum absolute atomic E-state index is 15.2. The van der Waals surface area contributed by atoms with Gasteiger partial charge in [-0.1, -0.05) is 36.9 Å². The molecule has 0 radical (unpaired) electrons. The van der Waals surface area contributed by atoms with Gasteiger partial charge in [-0.15, -0.1) is 0 Å². The molecular formula is C34H34F2N4O4. The molecule has 1 atom stereocenters. The van der Waals surface area contributed by atoms with Crippen LogP contribution in [0.3, 0.4) is 0 Å². The lowest BCUT2D eigenvalue weighted by molar-refractivity contribution is -0.129. The fraction of sp³-hybridized carbons (Fsp3) is 0.324. The van der Waals surface area contributed by atoms with E-state index in [1.165, 1.54) is 12.1 Å². The molecule has 44 heavy (non-hydrogen) atoms. The van der Waals surface area contributed by atoms with Crippen LogP contribution in [0.25, 0.3) is 6.08 Å². The summed E-state index contributed by atoms with van der Waals surface area (Å²) in [5.74, 6) is -0.949. The van der Waals surface area contributed by atoms with Crippen LogP contribution in [0.15, 0.2) is 61.2 Å². The summed E-state index contributed by atoms with van der Waals surface area (Å²) >= 11 is 0. The highest BCUT2D eigenvalue weighted by atomic mass is 19.1. The van der Waals surface area contributed by atoms with Gasteiger partial charge in [0.2, 0.25) is 11.8 Å². The number of imide groups is 1. The number of amides is 3. The topological polar surface area (TPSA) is 82.2 Å². The van der Waals surface area contributed by atoms with Crippen LogP contribution in [0.1, 0.15) is 51.9 Å². The lowest BCUT2D eigenvalue weighted by Crippen LogP contribution is -2.46. The van der Waals surface area contributed by atoms with Crippen molar-refractivity contribution in [2.75, 3.05) is 31.1 Å². The van der Waals surface area contributed by atoms with Crippen molar-refractivity contribution in [2.45, 2.75) is 45.0 Å². The third kappa shape index (κ3) is 6.21. The van der Waals surface area contributed by atoms with E-state index in [1.54, 1.807) is 41.3 Å². The number of benzene rings is 3. The van der Waals surface area contributed by atoms with Crippen LogP contribution >= 0.6 is 0 Å². The molecule has 2 saturated heterocycles. The first kappa shape index (κ1) is 29.5. The van der Waals surface area contributed by atoms with Gasteiger partial charge in [-0.2, -0.15) is 0 Å². The first-order valence-corrected chi connectivity index (χ1v) is 14.8. The summed E-state index contributed by atoms with van der Waals surface area (Å²) in [6.07, 6.45) is 2.29. The molecule has 0 aromatic heterocycles. The zero-order valence-corrected chi connectivity index (χ0v) is 24.4. The van der Waals surface area contributed by atoms with Gasteiger partial charge in [0.15, 0.2) is 0 Å². The van der Waals surface area contributed by atoms with E-state index < -0.39 is 0 Å². The number of carbonyl (C=O) groups is 3. The molecule has 0 unspecified atom stereocenters. The second kappa shape index (κ2) is 12.6. The van der Waals surface area contributed by atoms with E-state index in [1.807, 2.05) is 17.0 Å². The van der Waals surface area contributed by atoms with Gasteiger partial charge in [-0.25, -0.2) is 8.78 Å². The number of ether oxygens (including phenoxy) is 1. The summed E-state index contributed by atoms with van der Waals surface area (Å²) in [5, 5.41) is 2.33. The fourth-order valence-corrected chi connectivity index (χ4v) is 6.17. The number of anilines is 1. The first-order valence-electron chi connectivity index (χ1n) is 14.8. The predicted molar refractivity (Wildman–Crippen MR) is 162 cm³/mol. The van der Waals surface area contributed by atoms with Crippen LogP contribution in [0.5, 0.6) is 5.75 Å². The van der Waals surface area contributed by atoms with Gasteiger partial charge in [0, 0.05) is 68.3 Å². The Morgan fingerprint density at radius 2 is 1.77 bits per heavy atom. The minimum absolute atomic E-state index is 0.0748. The third-order valence-electron chi connectivity index (χ3n) is 8.62. The normalized spacial score (nSPS) is 19.0. The number of nitrogens with zero attached hydrogens (tertiary/aromatic N) is 3. The van der Waals surface area contributed by atoms with Crippen LogP contribution in [-0.2, 0) is 29.3 Å². The number of nitrogens with one attached hydrogen (secondary N) is 1. The monoisotopic (exact) mass is 600 g/mol. The number of fused-ring (bicyclic) bond motifs is 1. The zero-order valence-electron chi connectivity index (χ0n) is 24.4. The molecule has 2 fully saturated rings. The Labute approximate surface area is 254 Å². The highest BCUT2D eigenvalue weighted by Crippen LogP contribution is 2.34. The first-order chi connectivity index (χ1) is 21.3. The van der Waals surface area contributed by atoms with Crippen molar-refractivity contribution in [3.8, 4) is 5.75 Å². The van der Waals surface area contributed by atoms with E-state index >= 15 is 4.39 Å². The van der Waals surface area contributed by atoms with E-state index in [4.69, 9.17) is 4.74 Å². The molecule has 1 N–H and O–H groups in total. The van der Waals surface area contributed by atoms with Crippen molar-refractivity contribution in [1.82, 2.24) is 15.1 Å². The summed E-state index contributed by atoms with van der Waals surface area (Å²) in [6.45, 7) is 7.20. The molecule has 3 amide bonds. The largest absolute Gasteiger partial charge is 0.489 e. The molecule has 0 bridgehead atoms. The summed E-state index contributed by atoms with van der Waals surface area (Å²) in [6, 6.07) is 15.1. The minimum Gasteiger partial charge on any atom is -0.489 e. The van der Waals surface area contributed by atoms with Crippen LogP contribution in [0.2, 0.25) is 0 Å².